The van der Waals surface area contributed by atoms with Crippen molar-refractivity contribution in [2.24, 2.45) is 5.41 Å². The quantitative estimate of drug-likeness (QED) is 0.874. The number of nitrogens with one attached hydrogen (secondary N) is 1. The molecule has 21 heavy (non-hydrogen) atoms. The van der Waals surface area contributed by atoms with E-state index in [1.807, 2.05) is 6.07 Å². The van der Waals surface area contributed by atoms with Crippen LogP contribution in [0, 0.1) is 5.41 Å². The smallest absolute Gasteiger partial charge is 0.0426 e. The molecule has 0 aromatic heterocycles. The number of halogens is 1. The molecule has 1 saturated heterocycles. The maximum Gasteiger partial charge on any atom is 0.0426 e. The van der Waals surface area contributed by atoms with E-state index in [1.165, 1.54) is 43.4 Å². The Kier molecular flexibility index (Phi) is 4.46. The average molecular weight is 307 g/mol. The van der Waals surface area contributed by atoms with Crippen LogP contribution in [0.15, 0.2) is 18.2 Å². The molecule has 1 aliphatic carbocycles. The third kappa shape index (κ3) is 4.14. The summed E-state index contributed by atoms with van der Waals surface area (Å²) in [5.74, 6) is 0. The van der Waals surface area contributed by atoms with Gasteiger partial charge in [0.25, 0.3) is 0 Å². The maximum absolute atomic E-state index is 6.26. The molecule has 0 bridgehead atoms. The lowest BCUT2D eigenvalue weighted by atomic mass is 9.85. The van der Waals surface area contributed by atoms with Crippen LogP contribution in [0.2, 0.25) is 5.02 Å². The summed E-state index contributed by atoms with van der Waals surface area (Å²) in [6, 6.07) is 7.13. The van der Waals surface area contributed by atoms with Gasteiger partial charge in [-0.3, -0.25) is 0 Å². The number of hydrogen-bond acceptors (Lipinski definition) is 2. The van der Waals surface area contributed by atoms with E-state index in [0.717, 1.165) is 30.7 Å². The van der Waals surface area contributed by atoms with Crippen LogP contribution in [-0.4, -0.2) is 19.1 Å². The molecular weight excluding hydrogens is 280 g/mol. The maximum atomic E-state index is 6.26. The SMILES string of the molecule is CC1(C)CCCN(c2cc(Cl)ccc2CNC2CC2)CC1. The van der Waals surface area contributed by atoms with Gasteiger partial charge in [-0.15, -0.1) is 0 Å². The first-order chi connectivity index (χ1) is 10.0. The van der Waals surface area contributed by atoms with Crippen LogP contribution in [0.5, 0.6) is 0 Å². The van der Waals surface area contributed by atoms with Crippen molar-refractivity contribution in [2.45, 2.75) is 58.5 Å². The first-order valence-corrected chi connectivity index (χ1v) is 8.68. The van der Waals surface area contributed by atoms with Gasteiger partial charge in [0.1, 0.15) is 0 Å². The molecule has 116 valence electrons. The van der Waals surface area contributed by atoms with Gasteiger partial charge in [0.2, 0.25) is 0 Å². The molecule has 0 unspecified atom stereocenters. The van der Waals surface area contributed by atoms with Gasteiger partial charge in [0, 0.05) is 36.4 Å². The summed E-state index contributed by atoms with van der Waals surface area (Å²) in [5, 5.41) is 4.48. The second kappa shape index (κ2) is 6.18. The second-order valence-electron chi connectivity index (χ2n) is 7.43. The third-order valence-electron chi connectivity index (χ3n) is 4.89. The summed E-state index contributed by atoms with van der Waals surface area (Å²) in [6.07, 6.45) is 6.52. The Morgan fingerprint density at radius 3 is 2.81 bits per heavy atom. The standard InChI is InChI=1S/C18H27ClN2/c1-18(2)8-3-10-21(11-9-18)17-12-15(19)5-4-14(17)13-20-16-6-7-16/h4-5,12,16,20H,3,6-11,13H2,1-2H3. The fraction of sp³-hybridized carbons (Fsp3) is 0.667. The minimum absolute atomic E-state index is 0.472. The Bertz CT molecular complexity index is 494. The number of rotatable bonds is 4. The molecule has 0 amide bonds. The van der Waals surface area contributed by atoms with Crippen molar-refractivity contribution in [3.8, 4) is 0 Å². The Morgan fingerprint density at radius 2 is 2.05 bits per heavy atom. The van der Waals surface area contributed by atoms with E-state index in [0.29, 0.717) is 5.41 Å². The molecular formula is C18H27ClN2. The zero-order valence-electron chi connectivity index (χ0n) is 13.3. The van der Waals surface area contributed by atoms with Gasteiger partial charge >= 0.3 is 0 Å². The Hall–Kier alpha value is -0.730. The van der Waals surface area contributed by atoms with E-state index < -0.39 is 0 Å². The normalized spacial score (nSPS) is 22.1. The molecule has 0 radical (unpaired) electrons. The van der Waals surface area contributed by atoms with Gasteiger partial charge < -0.3 is 10.2 Å². The molecule has 1 saturated carbocycles. The number of anilines is 1. The average Bonchev–Trinajstić information content (AvgIpc) is 3.25. The van der Waals surface area contributed by atoms with E-state index >= 15 is 0 Å². The van der Waals surface area contributed by atoms with Gasteiger partial charge in [0.05, 0.1) is 0 Å². The highest BCUT2D eigenvalue weighted by molar-refractivity contribution is 6.30. The van der Waals surface area contributed by atoms with Crippen LogP contribution in [-0.2, 0) is 6.54 Å². The van der Waals surface area contributed by atoms with Crippen molar-refractivity contribution in [3.63, 3.8) is 0 Å². The summed E-state index contributed by atoms with van der Waals surface area (Å²) in [6.45, 7) is 8.05. The van der Waals surface area contributed by atoms with Crippen molar-refractivity contribution in [2.75, 3.05) is 18.0 Å². The van der Waals surface area contributed by atoms with E-state index in [9.17, 15) is 0 Å². The number of hydrogen-bond donors (Lipinski definition) is 1. The van der Waals surface area contributed by atoms with Crippen molar-refractivity contribution in [1.82, 2.24) is 5.32 Å². The zero-order chi connectivity index (χ0) is 14.9. The molecule has 0 spiro atoms. The highest BCUT2D eigenvalue weighted by Gasteiger charge is 2.25. The molecule has 1 heterocycles. The van der Waals surface area contributed by atoms with Gasteiger partial charge in [-0.1, -0.05) is 31.5 Å². The number of nitrogens with zero attached hydrogens (tertiary/aromatic N) is 1. The predicted molar refractivity (Wildman–Crippen MR) is 91.2 cm³/mol. The summed E-state index contributed by atoms with van der Waals surface area (Å²) < 4.78 is 0. The minimum Gasteiger partial charge on any atom is -0.371 e. The molecule has 1 aromatic rings. The van der Waals surface area contributed by atoms with Crippen LogP contribution in [0.1, 0.15) is 51.5 Å². The molecule has 2 aliphatic rings. The predicted octanol–water partition coefficient (Wildman–Crippen LogP) is 4.61. The minimum atomic E-state index is 0.472. The molecule has 1 aromatic carbocycles. The fourth-order valence-electron chi connectivity index (χ4n) is 3.19. The molecule has 2 fully saturated rings. The molecule has 1 N–H and O–H groups in total. The fourth-order valence-corrected chi connectivity index (χ4v) is 3.35. The van der Waals surface area contributed by atoms with Gasteiger partial charge in [-0.05, 0) is 55.2 Å². The van der Waals surface area contributed by atoms with Crippen LogP contribution < -0.4 is 10.2 Å². The van der Waals surface area contributed by atoms with Gasteiger partial charge in [0.15, 0.2) is 0 Å². The zero-order valence-corrected chi connectivity index (χ0v) is 14.0. The third-order valence-corrected chi connectivity index (χ3v) is 5.12. The van der Waals surface area contributed by atoms with E-state index in [-0.39, 0.29) is 0 Å². The molecule has 1 aliphatic heterocycles. The second-order valence-corrected chi connectivity index (χ2v) is 7.87. The molecule has 3 rings (SSSR count). The van der Waals surface area contributed by atoms with Crippen molar-refractivity contribution < 1.29 is 0 Å². The Balaban J connectivity index is 1.76. The van der Waals surface area contributed by atoms with Gasteiger partial charge in [-0.2, -0.15) is 0 Å². The molecule has 0 atom stereocenters. The summed E-state index contributed by atoms with van der Waals surface area (Å²) >= 11 is 6.26. The molecule has 2 nitrogen and oxygen atoms in total. The van der Waals surface area contributed by atoms with Crippen molar-refractivity contribution in [3.05, 3.63) is 28.8 Å². The monoisotopic (exact) mass is 306 g/mol. The first-order valence-electron chi connectivity index (χ1n) is 8.30. The lowest BCUT2D eigenvalue weighted by molar-refractivity contribution is 0.325. The van der Waals surface area contributed by atoms with Crippen LogP contribution in [0.3, 0.4) is 0 Å². The lowest BCUT2D eigenvalue weighted by Gasteiger charge is -2.27. The Morgan fingerprint density at radius 1 is 1.24 bits per heavy atom. The Labute approximate surface area is 133 Å². The van der Waals surface area contributed by atoms with Crippen molar-refractivity contribution >= 4 is 17.3 Å². The van der Waals surface area contributed by atoms with E-state index in [2.05, 4.69) is 36.2 Å². The van der Waals surface area contributed by atoms with Crippen molar-refractivity contribution in [1.29, 1.82) is 0 Å². The van der Waals surface area contributed by atoms with E-state index in [4.69, 9.17) is 11.6 Å². The lowest BCUT2D eigenvalue weighted by Crippen LogP contribution is -2.27. The van der Waals surface area contributed by atoms with Crippen LogP contribution in [0.4, 0.5) is 5.69 Å². The molecule has 3 heteroatoms. The largest absolute Gasteiger partial charge is 0.371 e. The highest BCUT2D eigenvalue weighted by atomic mass is 35.5. The van der Waals surface area contributed by atoms with Crippen LogP contribution >= 0.6 is 11.6 Å². The van der Waals surface area contributed by atoms with E-state index in [1.54, 1.807) is 0 Å². The number of benzene rings is 1. The summed E-state index contributed by atoms with van der Waals surface area (Å²) in [7, 11) is 0. The van der Waals surface area contributed by atoms with Gasteiger partial charge in [-0.25, -0.2) is 0 Å². The van der Waals surface area contributed by atoms with Crippen LogP contribution in [0.25, 0.3) is 0 Å². The summed E-state index contributed by atoms with van der Waals surface area (Å²) in [5.41, 5.74) is 3.21. The first kappa shape index (κ1) is 15.2. The topological polar surface area (TPSA) is 15.3 Å². The summed E-state index contributed by atoms with van der Waals surface area (Å²) in [4.78, 5) is 2.55. The highest BCUT2D eigenvalue weighted by Crippen LogP contribution is 2.34.